The quantitative estimate of drug-likeness (QED) is 0.763. The normalized spacial score (nSPS) is 14.7. The number of hydrogen-bond donors (Lipinski definition) is 2. The number of carbonyl (C=O) groups is 2. The number of alkyl halides is 3. The lowest BCUT2D eigenvalue weighted by Gasteiger charge is -2.36. The second-order valence-corrected chi connectivity index (χ2v) is 5.32. The van der Waals surface area contributed by atoms with Crippen LogP contribution < -0.4 is 11.5 Å². The Kier molecular flexibility index (Phi) is 6.28. The number of hydrogen-bond acceptors (Lipinski definition) is 4. The molecule has 2 unspecified atom stereocenters. The third-order valence-electron chi connectivity index (χ3n) is 3.50. The van der Waals surface area contributed by atoms with Gasteiger partial charge in [-0.2, -0.15) is 13.2 Å². The average molecular weight is 358 g/mol. The maximum atomic E-state index is 12.9. The van der Waals surface area contributed by atoms with Crippen molar-refractivity contribution in [3.63, 3.8) is 0 Å². The molecule has 6 nitrogen and oxygen atoms in total. The topological polar surface area (TPSA) is 105 Å². The SMILES string of the molecule is C#CCC(Cc1cccc(C(F)(F)F)c1)(OC(N)=O)C(C)OC(N)=O. The Labute approximate surface area is 142 Å². The van der Waals surface area contributed by atoms with Crippen molar-refractivity contribution in [3.8, 4) is 12.3 Å². The molecule has 1 rings (SSSR count). The highest BCUT2D eigenvalue weighted by Gasteiger charge is 2.42. The zero-order chi connectivity index (χ0) is 19.3. The molecule has 0 aromatic heterocycles. The van der Waals surface area contributed by atoms with Crippen molar-refractivity contribution < 1.29 is 32.2 Å². The minimum atomic E-state index is -4.55. The summed E-state index contributed by atoms with van der Waals surface area (Å²) in [5, 5.41) is 0. The van der Waals surface area contributed by atoms with Gasteiger partial charge < -0.3 is 20.9 Å². The number of benzene rings is 1. The highest BCUT2D eigenvalue weighted by Crippen LogP contribution is 2.33. The van der Waals surface area contributed by atoms with Crippen molar-refractivity contribution in [2.24, 2.45) is 11.5 Å². The van der Waals surface area contributed by atoms with Crippen molar-refractivity contribution in [2.45, 2.75) is 37.6 Å². The minimum absolute atomic E-state index is 0.159. The molecule has 2 atom stereocenters. The summed E-state index contributed by atoms with van der Waals surface area (Å²) in [4.78, 5) is 22.3. The standard InChI is InChI=1S/C16H17F3N2O4/c1-3-7-15(25-14(21)23,10(2)24-13(20)22)9-11-5-4-6-12(8-11)16(17,18)19/h1,4-6,8,10H,7,9H2,2H3,(H2,20,22)(H2,21,23). The molecule has 0 heterocycles. The molecule has 0 aliphatic carbocycles. The Hall–Kier alpha value is -2.89. The number of primary amides is 2. The van der Waals surface area contributed by atoms with E-state index in [0.29, 0.717) is 0 Å². The summed E-state index contributed by atoms with van der Waals surface area (Å²) in [6, 6.07) is 4.36. The molecule has 0 aliphatic heterocycles. The molecule has 0 bridgehead atoms. The molecule has 0 radical (unpaired) electrons. The summed E-state index contributed by atoms with van der Waals surface area (Å²) in [5.41, 5.74) is 7.61. The maximum absolute atomic E-state index is 12.9. The Balaban J connectivity index is 3.30. The van der Waals surface area contributed by atoms with Crippen molar-refractivity contribution >= 4 is 12.2 Å². The van der Waals surface area contributed by atoms with E-state index in [4.69, 9.17) is 27.4 Å². The van der Waals surface area contributed by atoms with E-state index in [-0.39, 0.29) is 18.4 Å². The molecule has 2 amide bonds. The van der Waals surface area contributed by atoms with Crippen molar-refractivity contribution in [1.82, 2.24) is 0 Å². The van der Waals surface area contributed by atoms with Gasteiger partial charge in [0.1, 0.15) is 6.10 Å². The Morgan fingerprint density at radius 3 is 2.40 bits per heavy atom. The van der Waals surface area contributed by atoms with E-state index >= 15 is 0 Å². The van der Waals surface area contributed by atoms with Gasteiger partial charge in [-0.05, 0) is 18.6 Å². The molecule has 0 aliphatic rings. The lowest BCUT2D eigenvalue weighted by molar-refractivity contribution is -0.137. The molecule has 9 heteroatoms. The van der Waals surface area contributed by atoms with Gasteiger partial charge in [-0.15, -0.1) is 12.3 Å². The summed E-state index contributed by atoms with van der Waals surface area (Å²) < 4.78 is 48.5. The Morgan fingerprint density at radius 1 is 1.28 bits per heavy atom. The van der Waals surface area contributed by atoms with Crippen LogP contribution in [0.15, 0.2) is 24.3 Å². The lowest BCUT2D eigenvalue weighted by atomic mass is 9.86. The van der Waals surface area contributed by atoms with Crippen LogP contribution in [0.5, 0.6) is 0 Å². The molecule has 1 aromatic carbocycles. The van der Waals surface area contributed by atoms with Crippen LogP contribution in [-0.4, -0.2) is 23.9 Å². The fourth-order valence-electron chi connectivity index (χ4n) is 2.36. The number of terminal acetylenes is 1. The molecule has 1 aromatic rings. The number of ether oxygens (including phenoxy) is 2. The predicted molar refractivity (Wildman–Crippen MR) is 82.1 cm³/mol. The van der Waals surface area contributed by atoms with Crippen LogP contribution in [0.2, 0.25) is 0 Å². The average Bonchev–Trinajstić information content (AvgIpc) is 2.45. The molecule has 0 saturated heterocycles. The molecule has 0 saturated carbocycles. The fraction of sp³-hybridized carbons (Fsp3) is 0.375. The maximum Gasteiger partial charge on any atom is 0.416 e. The first kappa shape index (κ1) is 20.2. The highest BCUT2D eigenvalue weighted by atomic mass is 19.4. The Bertz CT molecular complexity index is 685. The van der Waals surface area contributed by atoms with Crippen LogP contribution in [0.3, 0.4) is 0 Å². The molecule has 0 fully saturated rings. The molecule has 136 valence electrons. The lowest BCUT2D eigenvalue weighted by Crippen LogP contribution is -2.50. The molecular weight excluding hydrogens is 341 g/mol. The number of amides is 2. The summed E-state index contributed by atoms with van der Waals surface area (Å²) in [7, 11) is 0. The summed E-state index contributed by atoms with van der Waals surface area (Å²) in [5.74, 6) is 2.25. The zero-order valence-electron chi connectivity index (χ0n) is 13.3. The largest absolute Gasteiger partial charge is 0.442 e. The van der Waals surface area contributed by atoms with Gasteiger partial charge in [-0.3, -0.25) is 0 Å². The smallest absolute Gasteiger partial charge is 0.416 e. The van der Waals surface area contributed by atoms with E-state index in [1.807, 2.05) is 0 Å². The van der Waals surface area contributed by atoms with Gasteiger partial charge in [0.05, 0.1) is 12.0 Å². The third-order valence-corrected chi connectivity index (χ3v) is 3.50. The van der Waals surface area contributed by atoms with Gasteiger partial charge in [0.25, 0.3) is 0 Å². The summed E-state index contributed by atoms with van der Waals surface area (Å²) >= 11 is 0. The second-order valence-electron chi connectivity index (χ2n) is 5.32. The van der Waals surface area contributed by atoms with E-state index in [2.05, 4.69) is 5.92 Å². The van der Waals surface area contributed by atoms with Crippen molar-refractivity contribution in [3.05, 3.63) is 35.4 Å². The minimum Gasteiger partial charge on any atom is -0.442 e. The van der Waals surface area contributed by atoms with Gasteiger partial charge in [0.2, 0.25) is 0 Å². The van der Waals surface area contributed by atoms with E-state index in [1.165, 1.54) is 19.1 Å². The number of halogens is 3. The van der Waals surface area contributed by atoms with Crippen LogP contribution in [-0.2, 0) is 22.1 Å². The van der Waals surface area contributed by atoms with Gasteiger partial charge in [0.15, 0.2) is 5.60 Å². The van der Waals surface area contributed by atoms with Gasteiger partial charge in [0, 0.05) is 6.42 Å². The first-order chi connectivity index (χ1) is 11.5. The van der Waals surface area contributed by atoms with Crippen LogP contribution in [0.4, 0.5) is 22.8 Å². The first-order valence-corrected chi connectivity index (χ1v) is 7.04. The van der Waals surface area contributed by atoms with E-state index in [1.54, 1.807) is 0 Å². The number of nitrogens with two attached hydrogens (primary N) is 2. The van der Waals surface area contributed by atoms with E-state index in [9.17, 15) is 22.8 Å². The summed E-state index contributed by atoms with van der Waals surface area (Å²) in [6.07, 6.45) is -3.33. The Morgan fingerprint density at radius 2 is 1.92 bits per heavy atom. The predicted octanol–water partition coefficient (Wildman–Crippen LogP) is 2.59. The van der Waals surface area contributed by atoms with Crippen LogP contribution in [0, 0.1) is 12.3 Å². The number of carbonyl (C=O) groups excluding carboxylic acids is 2. The summed E-state index contributed by atoms with van der Waals surface area (Å²) in [6.45, 7) is 1.35. The molecule has 4 N–H and O–H groups in total. The van der Waals surface area contributed by atoms with Gasteiger partial charge in [-0.25, -0.2) is 9.59 Å². The van der Waals surface area contributed by atoms with Crippen LogP contribution in [0.25, 0.3) is 0 Å². The first-order valence-electron chi connectivity index (χ1n) is 7.04. The van der Waals surface area contributed by atoms with E-state index in [0.717, 1.165) is 12.1 Å². The van der Waals surface area contributed by atoms with E-state index < -0.39 is 35.6 Å². The number of rotatable bonds is 6. The monoisotopic (exact) mass is 358 g/mol. The molecule has 25 heavy (non-hydrogen) atoms. The molecular formula is C16H17F3N2O4. The van der Waals surface area contributed by atoms with Gasteiger partial charge in [-0.1, -0.05) is 18.2 Å². The molecule has 0 spiro atoms. The highest BCUT2D eigenvalue weighted by molar-refractivity contribution is 5.66. The van der Waals surface area contributed by atoms with Gasteiger partial charge >= 0.3 is 18.4 Å². The third kappa shape index (κ3) is 5.60. The van der Waals surface area contributed by atoms with Crippen LogP contribution >= 0.6 is 0 Å². The second kappa shape index (κ2) is 7.79. The van der Waals surface area contributed by atoms with Crippen LogP contribution in [0.1, 0.15) is 24.5 Å². The fourth-order valence-corrected chi connectivity index (χ4v) is 2.36. The zero-order valence-corrected chi connectivity index (χ0v) is 13.3. The van der Waals surface area contributed by atoms with Crippen molar-refractivity contribution in [1.29, 1.82) is 0 Å². The van der Waals surface area contributed by atoms with Crippen molar-refractivity contribution in [2.75, 3.05) is 0 Å².